The number of rotatable bonds is 7. The first-order valence-corrected chi connectivity index (χ1v) is 7.24. The first-order valence-electron chi connectivity index (χ1n) is 6.11. The first kappa shape index (κ1) is 16.4. The summed E-state index contributed by atoms with van der Waals surface area (Å²) in [5, 5.41) is 1.06. The highest BCUT2D eigenvalue weighted by Crippen LogP contribution is 2.28. The van der Waals surface area contributed by atoms with Gasteiger partial charge >= 0.3 is 0 Å². The molecule has 0 aliphatic carbocycles. The maximum atomic E-state index is 5.17. The Hall–Kier alpha value is 0.400. The standard InChI is InChI=1S/C13H28BrNO/c1-11(2)15(7-8-16-6)10-12(9-14)13(3,4)5/h11-12H,7-10H2,1-6H3. The van der Waals surface area contributed by atoms with Crippen molar-refractivity contribution < 1.29 is 4.74 Å². The third kappa shape index (κ3) is 6.21. The topological polar surface area (TPSA) is 12.5 Å². The van der Waals surface area contributed by atoms with E-state index in [1.165, 1.54) is 0 Å². The number of hydrogen-bond acceptors (Lipinski definition) is 2. The first-order chi connectivity index (χ1) is 7.32. The average molecular weight is 294 g/mol. The molecule has 0 N–H and O–H groups in total. The van der Waals surface area contributed by atoms with Crippen LogP contribution in [-0.2, 0) is 4.74 Å². The predicted molar refractivity (Wildman–Crippen MR) is 75.3 cm³/mol. The minimum Gasteiger partial charge on any atom is -0.383 e. The van der Waals surface area contributed by atoms with Crippen molar-refractivity contribution in [3.05, 3.63) is 0 Å². The Bertz CT molecular complexity index is 177. The van der Waals surface area contributed by atoms with Crippen LogP contribution in [0.3, 0.4) is 0 Å². The molecular formula is C13H28BrNO. The molecule has 0 saturated carbocycles. The number of alkyl halides is 1. The summed E-state index contributed by atoms with van der Waals surface area (Å²) in [6, 6.07) is 0.582. The number of ether oxygens (including phenoxy) is 1. The molecule has 0 aromatic heterocycles. The minimum atomic E-state index is 0.351. The van der Waals surface area contributed by atoms with Gasteiger partial charge in [-0.05, 0) is 25.2 Å². The van der Waals surface area contributed by atoms with Gasteiger partial charge in [-0.1, -0.05) is 36.7 Å². The molecule has 0 aliphatic heterocycles. The van der Waals surface area contributed by atoms with Crippen LogP contribution in [0.2, 0.25) is 0 Å². The molecule has 0 radical (unpaired) electrons. The van der Waals surface area contributed by atoms with Crippen molar-refractivity contribution in [2.45, 2.75) is 40.7 Å². The van der Waals surface area contributed by atoms with Crippen molar-refractivity contribution in [3.63, 3.8) is 0 Å². The van der Waals surface area contributed by atoms with Crippen LogP contribution >= 0.6 is 15.9 Å². The second-order valence-electron chi connectivity index (χ2n) is 5.80. The molecule has 3 heteroatoms. The Balaban J connectivity index is 4.35. The van der Waals surface area contributed by atoms with Crippen LogP contribution in [0.5, 0.6) is 0 Å². The van der Waals surface area contributed by atoms with Gasteiger partial charge in [0.1, 0.15) is 0 Å². The van der Waals surface area contributed by atoms with E-state index in [1.54, 1.807) is 7.11 Å². The summed E-state index contributed by atoms with van der Waals surface area (Å²) in [6.45, 7) is 14.4. The fourth-order valence-electron chi connectivity index (χ4n) is 1.61. The zero-order valence-electron chi connectivity index (χ0n) is 11.7. The van der Waals surface area contributed by atoms with E-state index in [9.17, 15) is 0 Å². The number of methoxy groups -OCH3 is 1. The van der Waals surface area contributed by atoms with E-state index in [4.69, 9.17) is 4.74 Å². The van der Waals surface area contributed by atoms with Gasteiger partial charge in [0.2, 0.25) is 0 Å². The van der Waals surface area contributed by atoms with Crippen LogP contribution in [0.25, 0.3) is 0 Å². The van der Waals surface area contributed by atoms with Gasteiger partial charge in [-0.25, -0.2) is 0 Å². The molecule has 2 nitrogen and oxygen atoms in total. The predicted octanol–water partition coefficient (Wildman–Crippen LogP) is 3.40. The van der Waals surface area contributed by atoms with Gasteiger partial charge in [0.25, 0.3) is 0 Å². The van der Waals surface area contributed by atoms with Crippen LogP contribution in [0.4, 0.5) is 0 Å². The Morgan fingerprint density at radius 1 is 1.25 bits per heavy atom. The van der Waals surface area contributed by atoms with Gasteiger partial charge in [-0.2, -0.15) is 0 Å². The molecule has 1 unspecified atom stereocenters. The molecule has 0 rings (SSSR count). The highest BCUT2D eigenvalue weighted by atomic mass is 79.9. The molecule has 0 saturated heterocycles. The number of hydrogen-bond donors (Lipinski definition) is 0. The van der Waals surface area contributed by atoms with Gasteiger partial charge in [-0.15, -0.1) is 0 Å². The summed E-state index contributed by atoms with van der Waals surface area (Å²) in [7, 11) is 1.77. The normalized spacial score (nSPS) is 14.8. The fraction of sp³-hybridized carbons (Fsp3) is 1.00. The molecule has 98 valence electrons. The molecule has 16 heavy (non-hydrogen) atoms. The van der Waals surface area contributed by atoms with E-state index in [0.29, 0.717) is 17.4 Å². The quantitative estimate of drug-likeness (QED) is 0.667. The second kappa shape index (κ2) is 7.67. The Morgan fingerprint density at radius 2 is 1.81 bits per heavy atom. The molecule has 0 aromatic rings. The summed E-state index contributed by atoms with van der Waals surface area (Å²) in [5.74, 6) is 0.673. The maximum absolute atomic E-state index is 5.17. The van der Waals surface area contributed by atoms with Crippen molar-refractivity contribution in [3.8, 4) is 0 Å². The third-order valence-corrected chi connectivity index (χ3v) is 3.96. The van der Waals surface area contributed by atoms with Gasteiger partial charge in [0.15, 0.2) is 0 Å². The number of nitrogens with zero attached hydrogens (tertiary/aromatic N) is 1. The van der Waals surface area contributed by atoms with Crippen LogP contribution in [0.1, 0.15) is 34.6 Å². The molecular weight excluding hydrogens is 266 g/mol. The molecule has 0 bridgehead atoms. The van der Waals surface area contributed by atoms with Crippen LogP contribution in [-0.4, -0.2) is 43.1 Å². The zero-order chi connectivity index (χ0) is 12.8. The number of halogens is 1. The molecule has 0 heterocycles. The minimum absolute atomic E-state index is 0.351. The van der Waals surface area contributed by atoms with Gasteiger partial charge < -0.3 is 4.74 Å². The van der Waals surface area contributed by atoms with Crippen molar-refractivity contribution in [2.75, 3.05) is 32.1 Å². The summed E-state index contributed by atoms with van der Waals surface area (Å²) in [4.78, 5) is 2.50. The lowest BCUT2D eigenvalue weighted by molar-refractivity contribution is 0.0970. The van der Waals surface area contributed by atoms with E-state index in [2.05, 4.69) is 55.4 Å². The molecule has 0 spiro atoms. The lowest BCUT2D eigenvalue weighted by atomic mass is 9.81. The Kier molecular flexibility index (Phi) is 7.87. The maximum Gasteiger partial charge on any atom is 0.0589 e. The third-order valence-electron chi connectivity index (χ3n) is 3.18. The average Bonchev–Trinajstić information content (AvgIpc) is 2.15. The molecule has 0 amide bonds. The van der Waals surface area contributed by atoms with Crippen LogP contribution in [0.15, 0.2) is 0 Å². The SMILES string of the molecule is COCCN(CC(CBr)C(C)(C)C)C(C)C. The van der Waals surface area contributed by atoms with Crippen molar-refractivity contribution in [1.29, 1.82) is 0 Å². The van der Waals surface area contributed by atoms with E-state index in [0.717, 1.165) is 25.0 Å². The highest BCUT2D eigenvalue weighted by Gasteiger charge is 2.26. The van der Waals surface area contributed by atoms with E-state index < -0.39 is 0 Å². The summed E-state index contributed by atoms with van der Waals surface area (Å²) >= 11 is 3.64. The van der Waals surface area contributed by atoms with Crippen LogP contribution in [0, 0.1) is 11.3 Å². The molecule has 0 aromatic carbocycles. The van der Waals surface area contributed by atoms with Gasteiger partial charge in [0, 0.05) is 31.6 Å². The summed E-state index contributed by atoms with van der Waals surface area (Å²) in [5.41, 5.74) is 0.351. The van der Waals surface area contributed by atoms with Gasteiger partial charge in [0.05, 0.1) is 6.61 Å². The molecule has 1 atom stereocenters. The van der Waals surface area contributed by atoms with Crippen molar-refractivity contribution in [2.24, 2.45) is 11.3 Å². The smallest absolute Gasteiger partial charge is 0.0589 e. The fourth-order valence-corrected chi connectivity index (χ4v) is 2.78. The summed E-state index contributed by atoms with van der Waals surface area (Å²) in [6.07, 6.45) is 0. The Morgan fingerprint density at radius 3 is 2.12 bits per heavy atom. The second-order valence-corrected chi connectivity index (χ2v) is 6.45. The highest BCUT2D eigenvalue weighted by molar-refractivity contribution is 9.09. The van der Waals surface area contributed by atoms with Crippen molar-refractivity contribution in [1.82, 2.24) is 4.90 Å². The summed E-state index contributed by atoms with van der Waals surface area (Å²) < 4.78 is 5.17. The van der Waals surface area contributed by atoms with Crippen LogP contribution < -0.4 is 0 Å². The molecule has 0 fully saturated rings. The zero-order valence-corrected chi connectivity index (χ0v) is 13.3. The van der Waals surface area contributed by atoms with Crippen molar-refractivity contribution >= 4 is 15.9 Å². The largest absolute Gasteiger partial charge is 0.383 e. The lowest BCUT2D eigenvalue weighted by Crippen LogP contribution is -2.41. The lowest BCUT2D eigenvalue weighted by Gasteiger charge is -2.36. The van der Waals surface area contributed by atoms with Gasteiger partial charge in [-0.3, -0.25) is 4.90 Å². The Labute approximate surface area is 110 Å². The molecule has 0 aliphatic rings. The van der Waals surface area contributed by atoms with E-state index in [1.807, 2.05) is 0 Å². The van der Waals surface area contributed by atoms with E-state index >= 15 is 0 Å². The monoisotopic (exact) mass is 293 g/mol. The van der Waals surface area contributed by atoms with E-state index in [-0.39, 0.29) is 0 Å².